The molecular weight excluding hydrogens is 201 g/mol. The van der Waals surface area contributed by atoms with Crippen LogP contribution in [0.4, 0.5) is 0 Å². The highest BCUT2D eigenvalue weighted by Gasteiger charge is 2.08. The molecule has 0 fully saturated rings. The number of hydrogen-bond acceptors (Lipinski definition) is 2. The van der Waals surface area contributed by atoms with Gasteiger partial charge in [-0.25, -0.2) is 4.98 Å². The van der Waals surface area contributed by atoms with Gasteiger partial charge in [-0.1, -0.05) is 28.3 Å². The highest BCUT2D eigenvalue weighted by atomic mass is 35.5. The van der Waals surface area contributed by atoms with Crippen molar-refractivity contribution in [1.29, 1.82) is 0 Å². The number of aromatic nitrogens is 2. The average molecular weight is 206 g/mol. The van der Waals surface area contributed by atoms with Crippen LogP contribution < -0.4 is 0 Å². The third kappa shape index (κ3) is 1.64. The molecule has 1 rings (SSSR count). The second kappa shape index (κ2) is 3.67. The van der Waals surface area contributed by atoms with E-state index in [4.69, 9.17) is 28.7 Å². The Bertz CT molecular complexity index is 338. The van der Waals surface area contributed by atoms with Crippen LogP contribution >= 0.6 is 23.2 Å². The van der Waals surface area contributed by atoms with Gasteiger partial charge in [0.05, 0.1) is 6.54 Å². The Hall–Kier alpha value is -0.900. The van der Waals surface area contributed by atoms with Gasteiger partial charge in [0, 0.05) is 12.0 Å². The predicted molar refractivity (Wildman–Crippen MR) is 46.1 cm³/mol. The van der Waals surface area contributed by atoms with E-state index in [1.165, 1.54) is 0 Å². The second-order valence-corrected chi connectivity index (χ2v) is 2.77. The lowest BCUT2D eigenvalue weighted by atomic mass is 10.6. The van der Waals surface area contributed by atoms with Gasteiger partial charge in [-0.15, -0.1) is 0 Å². The first-order valence-electron chi connectivity index (χ1n) is 3.04. The molecule has 0 aromatic carbocycles. The summed E-state index contributed by atoms with van der Waals surface area (Å²) in [6.45, 7) is 0.152. The Kier molecular flexibility index (Phi) is 2.81. The van der Waals surface area contributed by atoms with E-state index in [0.717, 1.165) is 0 Å². The Morgan fingerprint density at radius 1 is 1.67 bits per heavy atom. The topological polar surface area (TPSA) is 66.6 Å². The summed E-state index contributed by atoms with van der Waals surface area (Å²) in [5.41, 5.74) is 8.05. The Balaban J connectivity index is 3.00. The first kappa shape index (κ1) is 9.19. The van der Waals surface area contributed by atoms with E-state index < -0.39 is 0 Å². The predicted octanol–water partition coefficient (Wildman–Crippen LogP) is 2.54. The van der Waals surface area contributed by atoms with E-state index >= 15 is 0 Å². The zero-order valence-electron chi connectivity index (χ0n) is 6.20. The largest absolute Gasteiger partial charge is 0.321 e. The molecule has 0 unspecified atom stereocenters. The van der Waals surface area contributed by atoms with E-state index in [1.54, 1.807) is 11.6 Å². The SMILES string of the molecule is Cn1c(CN=[N+]=[N-])nc(Cl)c1Cl. The monoisotopic (exact) mass is 205 g/mol. The Labute approximate surface area is 78.5 Å². The number of azide groups is 1. The lowest BCUT2D eigenvalue weighted by Gasteiger charge is -1.95. The number of imidazole rings is 1. The maximum atomic E-state index is 8.05. The van der Waals surface area contributed by atoms with Crippen molar-refractivity contribution in [3.05, 3.63) is 26.6 Å². The van der Waals surface area contributed by atoms with Crippen LogP contribution in [-0.4, -0.2) is 9.55 Å². The second-order valence-electron chi connectivity index (χ2n) is 2.06. The van der Waals surface area contributed by atoms with Crippen molar-refractivity contribution in [3.8, 4) is 0 Å². The molecule has 12 heavy (non-hydrogen) atoms. The standard InChI is InChI=1S/C5H5Cl2N5/c1-12-3(2-9-11-8)10-4(6)5(12)7/h2H2,1H3. The normalized spacial score (nSPS) is 9.58. The molecule has 0 saturated heterocycles. The van der Waals surface area contributed by atoms with Gasteiger partial charge in [-0.05, 0) is 5.53 Å². The minimum absolute atomic E-state index is 0.152. The maximum Gasteiger partial charge on any atom is 0.166 e. The summed E-state index contributed by atoms with van der Waals surface area (Å²) in [6, 6.07) is 0. The minimum atomic E-state index is 0.152. The van der Waals surface area contributed by atoms with Gasteiger partial charge in [0.25, 0.3) is 0 Å². The van der Waals surface area contributed by atoms with Crippen LogP contribution in [0.5, 0.6) is 0 Å². The van der Waals surface area contributed by atoms with Crippen LogP contribution in [0.2, 0.25) is 10.3 Å². The highest BCUT2D eigenvalue weighted by molar-refractivity contribution is 6.40. The molecule has 5 nitrogen and oxygen atoms in total. The van der Waals surface area contributed by atoms with Gasteiger partial charge in [-0.3, -0.25) is 0 Å². The summed E-state index contributed by atoms with van der Waals surface area (Å²) < 4.78 is 1.57. The van der Waals surface area contributed by atoms with E-state index in [1.807, 2.05) is 0 Å². The van der Waals surface area contributed by atoms with E-state index in [0.29, 0.717) is 11.0 Å². The fraction of sp³-hybridized carbons (Fsp3) is 0.400. The van der Waals surface area contributed by atoms with Gasteiger partial charge in [0.15, 0.2) is 5.15 Å². The number of hydrogen-bond donors (Lipinski definition) is 0. The lowest BCUT2D eigenvalue weighted by Crippen LogP contribution is -1.95. The lowest BCUT2D eigenvalue weighted by molar-refractivity contribution is 0.791. The smallest absolute Gasteiger partial charge is 0.166 e. The third-order valence-corrected chi connectivity index (χ3v) is 2.15. The Morgan fingerprint density at radius 2 is 2.33 bits per heavy atom. The number of halogens is 2. The van der Waals surface area contributed by atoms with Gasteiger partial charge >= 0.3 is 0 Å². The fourth-order valence-electron chi connectivity index (χ4n) is 0.722. The van der Waals surface area contributed by atoms with Crippen molar-refractivity contribution < 1.29 is 0 Å². The highest BCUT2D eigenvalue weighted by Crippen LogP contribution is 2.21. The van der Waals surface area contributed by atoms with Crippen molar-refractivity contribution in [2.75, 3.05) is 0 Å². The molecular formula is C5H5Cl2N5. The summed E-state index contributed by atoms with van der Waals surface area (Å²) in [5, 5.41) is 3.91. The molecule has 0 atom stereocenters. The summed E-state index contributed by atoms with van der Waals surface area (Å²) in [5.74, 6) is 0.544. The quantitative estimate of drug-likeness (QED) is 0.416. The molecule has 1 aromatic rings. The molecule has 1 heterocycles. The molecule has 0 aliphatic rings. The van der Waals surface area contributed by atoms with E-state index in [-0.39, 0.29) is 11.7 Å². The minimum Gasteiger partial charge on any atom is -0.321 e. The van der Waals surface area contributed by atoms with Gasteiger partial charge in [0.1, 0.15) is 11.0 Å². The molecule has 0 spiro atoms. The molecule has 0 bridgehead atoms. The van der Waals surface area contributed by atoms with Crippen molar-refractivity contribution in [2.24, 2.45) is 12.2 Å². The van der Waals surface area contributed by atoms with Crippen molar-refractivity contribution in [2.45, 2.75) is 6.54 Å². The molecule has 64 valence electrons. The summed E-state index contributed by atoms with van der Waals surface area (Å²) in [4.78, 5) is 6.48. The molecule has 7 heteroatoms. The molecule has 1 aromatic heterocycles. The molecule has 0 aliphatic carbocycles. The van der Waals surface area contributed by atoms with Gasteiger partial charge in [0.2, 0.25) is 0 Å². The first-order valence-corrected chi connectivity index (χ1v) is 3.80. The number of rotatable bonds is 2. The van der Waals surface area contributed by atoms with Crippen LogP contribution in [0.3, 0.4) is 0 Å². The van der Waals surface area contributed by atoms with E-state index in [2.05, 4.69) is 15.0 Å². The van der Waals surface area contributed by atoms with E-state index in [9.17, 15) is 0 Å². The first-order chi connectivity index (χ1) is 5.66. The van der Waals surface area contributed by atoms with Crippen molar-refractivity contribution in [3.63, 3.8) is 0 Å². The molecule has 0 saturated carbocycles. The molecule has 0 aliphatic heterocycles. The van der Waals surface area contributed by atoms with Gasteiger partial charge < -0.3 is 4.57 Å². The molecule has 0 N–H and O–H groups in total. The van der Waals surface area contributed by atoms with Crippen molar-refractivity contribution >= 4 is 23.2 Å². The average Bonchev–Trinajstić information content (AvgIpc) is 2.30. The molecule has 0 amide bonds. The summed E-state index contributed by atoms with van der Waals surface area (Å²) in [7, 11) is 1.70. The van der Waals surface area contributed by atoms with Crippen LogP contribution in [0.1, 0.15) is 5.82 Å². The van der Waals surface area contributed by atoms with Crippen LogP contribution in [0.25, 0.3) is 10.4 Å². The van der Waals surface area contributed by atoms with Crippen LogP contribution in [0, 0.1) is 0 Å². The summed E-state index contributed by atoms with van der Waals surface area (Å²) in [6.07, 6.45) is 0. The Morgan fingerprint density at radius 3 is 2.75 bits per heavy atom. The molecule has 0 radical (unpaired) electrons. The zero-order valence-corrected chi connectivity index (χ0v) is 7.71. The maximum absolute atomic E-state index is 8.05. The van der Waals surface area contributed by atoms with Crippen LogP contribution in [-0.2, 0) is 13.6 Å². The van der Waals surface area contributed by atoms with Gasteiger partial charge in [-0.2, -0.15) is 0 Å². The summed E-state index contributed by atoms with van der Waals surface area (Å²) >= 11 is 11.3. The fourth-order valence-corrected chi connectivity index (χ4v) is 1.09. The number of nitrogens with zero attached hydrogens (tertiary/aromatic N) is 5. The van der Waals surface area contributed by atoms with Crippen LogP contribution in [0.15, 0.2) is 5.11 Å². The van der Waals surface area contributed by atoms with Crippen molar-refractivity contribution in [1.82, 2.24) is 9.55 Å². The zero-order chi connectivity index (χ0) is 9.14. The third-order valence-electron chi connectivity index (χ3n) is 1.35.